The van der Waals surface area contributed by atoms with Crippen LogP contribution in [-0.4, -0.2) is 25.8 Å². The SMILES string of the molecule is C1CC1.CCN(N[Si](C)(C)C)C(C)C. The van der Waals surface area contributed by atoms with E-state index in [-0.39, 0.29) is 0 Å². The third-order valence-electron chi connectivity index (χ3n) is 1.80. The van der Waals surface area contributed by atoms with Crippen molar-refractivity contribution in [2.24, 2.45) is 0 Å². The summed E-state index contributed by atoms with van der Waals surface area (Å²) < 4.78 is 0. The Morgan fingerprint density at radius 2 is 1.57 bits per heavy atom. The molecule has 86 valence electrons. The van der Waals surface area contributed by atoms with Crippen molar-refractivity contribution in [1.82, 2.24) is 10.1 Å². The molecule has 0 aromatic heterocycles. The average molecular weight is 216 g/mol. The van der Waals surface area contributed by atoms with Gasteiger partial charge >= 0.3 is 0 Å². The summed E-state index contributed by atoms with van der Waals surface area (Å²) in [5.74, 6) is 0. The Morgan fingerprint density at radius 1 is 1.14 bits per heavy atom. The van der Waals surface area contributed by atoms with E-state index in [1.165, 1.54) is 19.3 Å². The lowest BCUT2D eigenvalue weighted by molar-refractivity contribution is 0.197. The monoisotopic (exact) mass is 216 g/mol. The second kappa shape index (κ2) is 6.59. The third-order valence-corrected chi connectivity index (χ3v) is 2.75. The van der Waals surface area contributed by atoms with Crippen molar-refractivity contribution in [3.63, 3.8) is 0 Å². The molecular weight excluding hydrogens is 188 g/mol. The Balaban J connectivity index is 0.000000469. The highest BCUT2D eigenvalue weighted by atomic mass is 28.3. The van der Waals surface area contributed by atoms with Gasteiger partial charge in [-0.2, -0.15) is 0 Å². The third kappa shape index (κ3) is 10.2. The molecule has 0 aromatic carbocycles. The summed E-state index contributed by atoms with van der Waals surface area (Å²) in [6, 6.07) is 0.603. The van der Waals surface area contributed by atoms with Crippen LogP contribution in [0.3, 0.4) is 0 Å². The smallest absolute Gasteiger partial charge is 0.132 e. The van der Waals surface area contributed by atoms with Crippen molar-refractivity contribution in [1.29, 1.82) is 0 Å². The molecular formula is C11H28N2Si. The molecule has 0 aliphatic heterocycles. The van der Waals surface area contributed by atoms with Gasteiger partial charge in [-0.1, -0.05) is 45.8 Å². The second-order valence-corrected chi connectivity index (χ2v) is 10.0. The fourth-order valence-electron chi connectivity index (χ4n) is 1.00. The summed E-state index contributed by atoms with van der Waals surface area (Å²) >= 11 is 0. The zero-order valence-electron chi connectivity index (χ0n) is 10.9. The zero-order chi connectivity index (χ0) is 11.2. The van der Waals surface area contributed by atoms with Crippen LogP contribution in [0.25, 0.3) is 0 Å². The fraction of sp³-hybridized carbons (Fsp3) is 1.00. The minimum atomic E-state index is -1.13. The van der Waals surface area contributed by atoms with Gasteiger partial charge in [0.2, 0.25) is 0 Å². The van der Waals surface area contributed by atoms with E-state index in [0.29, 0.717) is 6.04 Å². The second-order valence-electron chi connectivity index (χ2n) is 5.30. The Morgan fingerprint density at radius 3 is 1.64 bits per heavy atom. The van der Waals surface area contributed by atoms with E-state index in [1.807, 2.05) is 0 Å². The van der Waals surface area contributed by atoms with Crippen molar-refractivity contribution >= 4 is 8.24 Å². The van der Waals surface area contributed by atoms with E-state index in [0.717, 1.165) is 6.54 Å². The minimum absolute atomic E-state index is 0.603. The van der Waals surface area contributed by atoms with Crippen LogP contribution in [-0.2, 0) is 0 Å². The Hall–Kier alpha value is 0.137. The molecule has 0 aromatic rings. The van der Waals surface area contributed by atoms with Crippen molar-refractivity contribution in [3.05, 3.63) is 0 Å². The van der Waals surface area contributed by atoms with Crippen molar-refractivity contribution in [2.75, 3.05) is 6.54 Å². The van der Waals surface area contributed by atoms with Gasteiger partial charge in [-0.25, -0.2) is 5.01 Å². The van der Waals surface area contributed by atoms with Gasteiger partial charge in [0.15, 0.2) is 0 Å². The molecule has 1 aliphatic carbocycles. The van der Waals surface area contributed by atoms with Gasteiger partial charge in [-0.15, -0.1) is 0 Å². The lowest BCUT2D eigenvalue weighted by atomic mass is 10.4. The molecule has 0 bridgehead atoms. The van der Waals surface area contributed by atoms with E-state index in [9.17, 15) is 0 Å². The van der Waals surface area contributed by atoms with Crippen LogP contribution in [0.4, 0.5) is 0 Å². The van der Waals surface area contributed by atoms with Gasteiger partial charge in [0.25, 0.3) is 0 Å². The maximum atomic E-state index is 3.58. The summed E-state index contributed by atoms with van der Waals surface area (Å²) in [4.78, 5) is 0. The molecule has 0 amide bonds. The van der Waals surface area contributed by atoms with Gasteiger partial charge in [-0.05, 0) is 13.8 Å². The quantitative estimate of drug-likeness (QED) is 0.573. The lowest BCUT2D eigenvalue weighted by Gasteiger charge is -2.32. The average Bonchev–Trinajstić information content (AvgIpc) is 2.83. The van der Waals surface area contributed by atoms with Crippen molar-refractivity contribution in [2.45, 2.75) is 65.7 Å². The van der Waals surface area contributed by atoms with Crippen LogP contribution in [0.1, 0.15) is 40.0 Å². The van der Waals surface area contributed by atoms with Crippen LogP contribution in [0.5, 0.6) is 0 Å². The summed E-state index contributed by atoms with van der Waals surface area (Å²) in [6.07, 6.45) is 4.50. The summed E-state index contributed by atoms with van der Waals surface area (Å²) in [5, 5.41) is 5.89. The molecule has 0 atom stereocenters. The number of nitrogens with zero attached hydrogens (tertiary/aromatic N) is 1. The number of hydrazine groups is 1. The minimum Gasteiger partial charge on any atom is -0.276 e. The normalized spacial score (nSPS) is 15.4. The fourth-order valence-corrected chi connectivity index (χ4v) is 2.28. The van der Waals surface area contributed by atoms with Crippen LogP contribution in [0.2, 0.25) is 19.6 Å². The molecule has 3 heteroatoms. The highest BCUT2D eigenvalue weighted by molar-refractivity contribution is 6.73. The largest absolute Gasteiger partial charge is 0.276 e. The lowest BCUT2D eigenvalue weighted by Crippen LogP contribution is -2.55. The molecule has 0 spiro atoms. The molecule has 1 N–H and O–H groups in total. The summed E-state index contributed by atoms with van der Waals surface area (Å²) in [7, 11) is -1.13. The first kappa shape index (κ1) is 14.1. The van der Waals surface area contributed by atoms with E-state index < -0.39 is 8.24 Å². The van der Waals surface area contributed by atoms with Gasteiger partial charge in [0.05, 0.1) is 0 Å². The van der Waals surface area contributed by atoms with Gasteiger partial charge in [0.1, 0.15) is 8.24 Å². The Labute approximate surface area is 91.1 Å². The van der Waals surface area contributed by atoms with Crippen LogP contribution >= 0.6 is 0 Å². The van der Waals surface area contributed by atoms with Gasteiger partial charge < -0.3 is 0 Å². The Bertz CT molecular complexity index is 136. The van der Waals surface area contributed by atoms with Crippen LogP contribution < -0.4 is 5.09 Å². The van der Waals surface area contributed by atoms with E-state index in [2.05, 4.69) is 50.5 Å². The maximum Gasteiger partial charge on any atom is 0.132 e. The molecule has 0 radical (unpaired) electrons. The molecule has 1 fully saturated rings. The van der Waals surface area contributed by atoms with Crippen molar-refractivity contribution < 1.29 is 0 Å². The maximum absolute atomic E-state index is 3.58. The molecule has 1 saturated carbocycles. The number of hydrogen-bond acceptors (Lipinski definition) is 2. The first-order valence-electron chi connectivity index (χ1n) is 5.91. The number of nitrogens with one attached hydrogen (secondary N) is 1. The summed E-state index contributed by atoms with van der Waals surface area (Å²) in [6.45, 7) is 14.7. The number of hydrogen-bond donors (Lipinski definition) is 1. The molecule has 14 heavy (non-hydrogen) atoms. The molecule has 2 nitrogen and oxygen atoms in total. The van der Waals surface area contributed by atoms with Crippen LogP contribution in [0.15, 0.2) is 0 Å². The highest BCUT2D eigenvalue weighted by Gasteiger charge is 2.17. The van der Waals surface area contributed by atoms with Gasteiger partial charge in [0, 0.05) is 12.6 Å². The van der Waals surface area contributed by atoms with Crippen molar-refractivity contribution in [3.8, 4) is 0 Å². The molecule has 1 rings (SSSR count). The molecule has 0 unspecified atom stereocenters. The first-order valence-corrected chi connectivity index (χ1v) is 9.41. The van der Waals surface area contributed by atoms with E-state index in [1.54, 1.807) is 0 Å². The topological polar surface area (TPSA) is 15.3 Å². The summed E-state index contributed by atoms with van der Waals surface area (Å²) in [5.41, 5.74) is 0. The molecule has 0 heterocycles. The predicted molar refractivity (Wildman–Crippen MR) is 67.8 cm³/mol. The predicted octanol–water partition coefficient (Wildman–Crippen LogP) is 3.23. The Kier molecular flexibility index (Phi) is 6.65. The zero-order valence-corrected chi connectivity index (χ0v) is 11.9. The van der Waals surface area contributed by atoms with Gasteiger partial charge in [-0.3, -0.25) is 5.09 Å². The van der Waals surface area contributed by atoms with Crippen LogP contribution in [0, 0.1) is 0 Å². The number of rotatable bonds is 4. The molecule has 0 saturated heterocycles. The van der Waals surface area contributed by atoms with E-state index in [4.69, 9.17) is 0 Å². The standard InChI is InChI=1S/C8H22N2Si.C3H6/c1-7-10(8(2)3)9-11(4,5)6;1-2-3-1/h8-9H,7H2,1-6H3;1-3H2. The van der Waals surface area contributed by atoms with E-state index >= 15 is 0 Å². The highest BCUT2D eigenvalue weighted by Crippen LogP contribution is 2.14. The molecule has 1 aliphatic rings. The first-order chi connectivity index (χ1) is 6.37.